The van der Waals surface area contributed by atoms with Gasteiger partial charge in [0.15, 0.2) is 0 Å². The van der Waals surface area contributed by atoms with Gasteiger partial charge >= 0.3 is 0 Å². The summed E-state index contributed by atoms with van der Waals surface area (Å²) in [5.74, 6) is 0.00206. The van der Waals surface area contributed by atoms with Crippen LogP contribution in [0.1, 0.15) is 32.6 Å². The maximum absolute atomic E-state index is 12.0. The SMILES string of the molecule is CSC(C)CCNC1CC(=O)N(C2CC2)C1=O. The molecular weight excluding hydrogens is 236 g/mol. The van der Waals surface area contributed by atoms with Gasteiger partial charge in [-0.25, -0.2) is 0 Å². The lowest BCUT2D eigenvalue weighted by Gasteiger charge is -2.15. The van der Waals surface area contributed by atoms with Gasteiger partial charge in [0, 0.05) is 11.3 Å². The predicted molar refractivity (Wildman–Crippen MR) is 68.9 cm³/mol. The summed E-state index contributed by atoms with van der Waals surface area (Å²) in [5.41, 5.74) is 0. The van der Waals surface area contributed by atoms with Crippen LogP contribution in [0.4, 0.5) is 0 Å². The fourth-order valence-corrected chi connectivity index (χ4v) is 2.46. The molecule has 2 atom stereocenters. The molecule has 1 aliphatic heterocycles. The molecule has 1 aliphatic carbocycles. The Morgan fingerprint density at radius 3 is 2.76 bits per heavy atom. The van der Waals surface area contributed by atoms with E-state index in [1.54, 1.807) is 0 Å². The lowest BCUT2D eigenvalue weighted by molar-refractivity contribution is -0.139. The second kappa shape index (κ2) is 5.40. The first-order valence-corrected chi connectivity index (χ1v) is 7.54. The summed E-state index contributed by atoms with van der Waals surface area (Å²) in [6.07, 6.45) is 5.46. The average Bonchev–Trinajstić information content (AvgIpc) is 3.08. The highest BCUT2D eigenvalue weighted by atomic mass is 32.2. The van der Waals surface area contributed by atoms with Crippen molar-refractivity contribution in [2.24, 2.45) is 0 Å². The van der Waals surface area contributed by atoms with Crippen LogP contribution in [0.5, 0.6) is 0 Å². The van der Waals surface area contributed by atoms with Gasteiger partial charge in [-0.2, -0.15) is 11.8 Å². The number of thioether (sulfide) groups is 1. The third-order valence-electron chi connectivity index (χ3n) is 3.44. The fraction of sp³-hybridized carbons (Fsp3) is 0.833. The van der Waals surface area contributed by atoms with E-state index in [2.05, 4.69) is 18.5 Å². The van der Waals surface area contributed by atoms with Crippen molar-refractivity contribution in [3.63, 3.8) is 0 Å². The first-order valence-electron chi connectivity index (χ1n) is 6.25. The molecule has 0 aromatic heterocycles. The number of hydrogen-bond acceptors (Lipinski definition) is 4. The van der Waals surface area contributed by atoms with Crippen molar-refractivity contribution < 1.29 is 9.59 Å². The summed E-state index contributed by atoms with van der Waals surface area (Å²) in [5, 5.41) is 3.81. The van der Waals surface area contributed by atoms with E-state index in [1.165, 1.54) is 4.90 Å². The summed E-state index contributed by atoms with van der Waals surface area (Å²) in [4.78, 5) is 25.2. The highest BCUT2D eigenvalue weighted by Crippen LogP contribution is 2.31. The Labute approximate surface area is 106 Å². The van der Waals surface area contributed by atoms with Gasteiger partial charge in [0.05, 0.1) is 12.5 Å². The van der Waals surface area contributed by atoms with Crippen molar-refractivity contribution in [1.82, 2.24) is 10.2 Å². The predicted octanol–water partition coefficient (Wildman–Crippen LogP) is 1.01. The third-order valence-corrected chi connectivity index (χ3v) is 4.48. The van der Waals surface area contributed by atoms with E-state index in [-0.39, 0.29) is 23.9 Å². The number of likely N-dealkylation sites (tertiary alicyclic amines) is 1. The normalized spacial score (nSPS) is 26.7. The Kier molecular flexibility index (Phi) is 4.09. The lowest BCUT2D eigenvalue weighted by atomic mass is 10.2. The molecule has 0 spiro atoms. The van der Waals surface area contributed by atoms with E-state index in [1.807, 2.05) is 11.8 Å². The molecule has 1 N–H and O–H groups in total. The van der Waals surface area contributed by atoms with E-state index in [9.17, 15) is 9.59 Å². The van der Waals surface area contributed by atoms with Gasteiger partial charge in [-0.1, -0.05) is 6.92 Å². The summed E-state index contributed by atoms with van der Waals surface area (Å²) in [6, 6.07) is -0.0518. The molecule has 17 heavy (non-hydrogen) atoms. The maximum Gasteiger partial charge on any atom is 0.247 e. The summed E-state index contributed by atoms with van der Waals surface area (Å²) < 4.78 is 0. The van der Waals surface area contributed by atoms with Crippen molar-refractivity contribution in [2.75, 3.05) is 12.8 Å². The number of amides is 2. The quantitative estimate of drug-likeness (QED) is 0.721. The second-order valence-corrected chi connectivity index (χ2v) is 6.16. The maximum atomic E-state index is 12.0. The van der Waals surface area contributed by atoms with Crippen LogP contribution in [0.3, 0.4) is 0 Å². The summed E-state index contributed by atoms with van der Waals surface area (Å²) in [6.45, 7) is 2.98. The van der Waals surface area contributed by atoms with Crippen LogP contribution in [-0.2, 0) is 9.59 Å². The van der Waals surface area contributed by atoms with Gasteiger partial charge in [-0.15, -0.1) is 0 Å². The topological polar surface area (TPSA) is 49.4 Å². The molecule has 5 heteroatoms. The first kappa shape index (κ1) is 12.9. The van der Waals surface area contributed by atoms with Gasteiger partial charge < -0.3 is 5.32 Å². The molecule has 0 aromatic carbocycles. The van der Waals surface area contributed by atoms with Crippen LogP contribution in [0.25, 0.3) is 0 Å². The number of carbonyl (C=O) groups is 2. The summed E-state index contributed by atoms with van der Waals surface area (Å²) >= 11 is 1.82. The molecule has 96 valence electrons. The van der Waals surface area contributed by atoms with Crippen LogP contribution in [0.15, 0.2) is 0 Å². The molecule has 1 saturated carbocycles. The zero-order valence-corrected chi connectivity index (χ0v) is 11.3. The van der Waals surface area contributed by atoms with Crippen molar-refractivity contribution in [3.8, 4) is 0 Å². The minimum atomic E-state index is -0.267. The molecule has 2 fully saturated rings. The minimum absolute atomic E-state index is 0.00527. The largest absolute Gasteiger partial charge is 0.305 e. The highest BCUT2D eigenvalue weighted by Gasteiger charge is 2.45. The molecule has 2 unspecified atom stereocenters. The van der Waals surface area contributed by atoms with E-state index < -0.39 is 0 Å². The van der Waals surface area contributed by atoms with Crippen LogP contribution in [0.2, 0.25) is 0 Å². The van der Waals surface area contributed by atoms with Gasteiger partial charge in [-0.05, 0) is 32.1 Å². The molecule has 2 aliphatic rings. The Hall–Kier alpha value is -0.550. The number of rotatable bonds is 6. The van der Waals surface area contributed by atoms with Gasteiger partial charge in [0.2, 0.25) is 11.8 Å². The number of carbonyl (C=O) groups excluding carboxylic acids is 2. The Balaban J connectivity index is 1.78. The number of nitrogens with one attached hydrogen (secondary N) is 1. The smallest absolute Gasteiger partial charge is 0.247 e. The molecule has 1 saturated heterocycles. The summed E-state index contributed by atoms with van der Waals surface area (Å²) in [7, 11) is 0. The highest BCUT2D eigenvalue weighted by molar-refractivity contribution is 7.99. The molecule has 2 rings (SSSR count). The van der Waals surface area contributed by atoms with Crippen molar-refractivity contribution >= 4 is 23.6 Å². The number of nitrogens with zero attached hydrogens (tertiary/aromatic N) is 1. The van der Waals surface area contributed by atoms with Crippen molar-refractivity contribution in [2.45, 2.75) is 49.9 Å². The van der Waals surface area contributed by atoms with Gasteiger partial charge in [0.1, 0.15) is 0 Å². The monoisotopic (exact) mass is 256 g/mol. The number of imide groups is 1. The third kappa shape index (κ3) is 3.01. The Morgan fingerprint density at radius 1 is 1.47 bits per heavy atom. The van der Waals surface area contributed by atoms with Crippen LogP contribution >= 0.6 is 11.8 Å². The zero-order chi connectivity index (χ0) is 12.4. The number of hydrogen-bond donors (Lipinski definition) is 1. The van der Waals surface area contributed by atoms with Crippen LogP contribution in [-0.4, -0.2) is 46.8 Å². The van der Waals surface area contributed by atoms with Crippen LogP contribution < -0.4 is 5.32 Å². The molecule has 0 radical (unpaired) electrons. The van der Waals surface area contributed by atoms with E-state index in [0.29, 0.717) is 11.7 Å². The standard InChI is InChI=1S/C12H20N2O2S/c1-8(17-2)5-6-13-10-7-11(15)14(12(10)16)9-3-4-9/h8-10,13H,3-7H2,1-2H3. The van der Waals surface area contributed by atoms with Gasteiger partial charge in [-0.3, -0.25) is 14.5 Å². The zero-order valence-electron chi connectivity index (χ0n) is 10.4. The lowest BCUT2D eigenvalue weighted by Crippen LogP contribution is -2.40. The van der Waals surface area contributed by atoms with Gasteiger partial charge in [0.25, 0.3) is 0 Å². The Bertz CT molecular complexity index is 318. The van der Waals surface area contributed by atoms with Crippen molar-refractivity contribution in [1.29, 1.82) is 0 Å². The first-order chi connectivity index (χ1) is 8.13. The molecule has 4 nitrogen and oxygen atoms in total. The Morgan fingerprint density at radius 2 is 2.18 bits per heavy atom. The molecule has 2 amide bonds. The fourth-order valence-electron chi connectivity index (χ4n) is 2.11. The van der Waals surface area contributed by atoms with Crippen molar-refractivity contribution in [3.05, 3.63) is 0 Å². The van der Waals surface area contributed by atoms with Crippen LogP contribution in [0, 0.1) is 0 Å². The molecule has 0 bridgehead atoms. The second-order valence-electron chi connectivity index (χ2n) is 4.88. The minimum Gasteiger partial charge on any atom is -0.305 e. The molecular formula is C12H20N2O2S. The van der Waals surface area contributed by atoms with E-state index >= 15 is 0 Å². The van der Waals surface area contributed by atoms with E-state index in [0.717, 1.165) is 25.8 Å². The molecule has 1 heterocycles. The molecule has 0 aromatic rings. The van der Waals surface area contributed by atoms with E-state index in [4.69, 9.17) is 0 Å². The average molecular weight is 256 g/mol.